The van der Waals surface area contributed by atoms with Crippen LogP contribution < -0.4 is 5.32 Å². The Labute approximate surface area is 244 Å². The summed E-state index contributed by atoms with van der Waals surface area (Å²) in [6, 6.07) is 0. The molecule has 0 spiro atoms. The van der Waals surface area contributed by atoms with Gasteiger partial charge in [-0.1, -0.05) is 65.5 Å². The van der Waals surface area contributed by atoms with Crippen LogP contribution in [0.1, 0.15) is 105 Å². The molecule has 0 aromatic carbocycles. The van der Waals surface area contributed by atoms with Gasteiger partial charge in [0.2, 0.25) is 5.91 Å². The first-order valence-electron chi connectivity index (χ1n) is 16.2. The molecule has 0 heterocycles. The van der Waals surface area contributed by atoms with Crippen molar-refractivity contribution in [2.75, 3.05) is 32.6 Å². The van der Waals surface area contributed by atoms with Crippen LogP contribution >= 0.6 is 0 Å². The second kappa shape index (κ2) is 13.2. The molecular weight excluding hydrogens is 522 g/mol. The van der Waals surface area contributed by atoms with Crippen LogP contribution in [0.5, 0.6) is 0 Å². The second-order valence-electron chi connectivity index (χ2n) is 14.7. The average Bonchev–Trinajstić information content (AvgIpc) is 3.24. The Hall–Kier alpha value is -0.920. The molecule has 6 nitrogen and oxygen atoms in total. The number of fused-ring (bicyclic) bond motifs is 5. The van der Waals surface area contributed by atoms with E-state index in [1.54, 1.807) is 5.57 Å². The molecule has 1 unspecified atom stereocenters. The summed E-state index contributed by atoms with van der Waals surface area (Å²) in [5.41, 5.74) is 2.32. The second-order valence-corrected chi connectivity index (χ2v) is 16.3. The fraction of sp³-hybridized carbons (Fsp3) is 0.909. The van der Waals surface area contributed by atoms with Crippen molar-refractivity contribution in [1.29, 1.82) is 0 Å². The van der Waals surface area contributed by atoms with E-state index in [0.29, 0.717) is 18.6 Å². The molecule has 7 heteroatoms. The van der Waals surface area contributed by atoms with Crippen molar-refractivity contribution in [3.05, 3.63) is 11.6 Å². The van der Waals surface area contributed by atoms with Gasteiger partial charge >= 0.3 is 0 Å². The van der Waals surface area contributed by atoms with E-state index in [1.807, 2.05) is 0 Å². The number of rotatable bonds is 13. The number of nitrogens with one attached hydrogen (secondary N) is 1. The largest absolute Gasteiger partial charge is 0.377 e. The molecule has 4 rings (SSSR count). The van der Waals surface area contributed by atoms with Crippen LogP contribution in [0.25, 0.3) is 0 Å². The van der Waals surface area contributed by atoms with Gasteiger partial charge in [0.25, 0.3) is 10.1 Å². The summed E-state index contributed by atoms with van der Waals surface area (Å²) in [5, 5.41) is 3.04. The maximum Gasteiger partial charge on any atom is 0.264 e. The van der Waals surface area contributed by atoms with E-state index < -0.39 is 10.1 Å². The quantitative estimate of drug-likeness (QED) is 0.148. The minimum atomic E-state index is -3.44. The van der Waals surface area contributed by atoms with Gasteiger partial charge in [0, 0.05) is 12.5 Å². The molecule has 0 radical (unpaired) electrons. The third-order valence-electron chi connectivity index (χ3n) is 11.7. The summed E-state index contributed by atoms with van der Waals surface area (Å²) >= 11 is 0. The summed E-state index contributed by atoms with van der Waals surface area (Å²) in [5.74, 6) is 5.16. The van der Waals surface area contributed by atoms with E-state index in [9.17, 15) is 13.2 Å². The van der Waals surface area contributed by atoms with Gasteiger partial charge in [-0.25, -0.2) is 0 Å². The Morgan fingerprint density at radius 3 is 2.52 bits per heavy atom. The number of hydrogen-bond acceptors (Lipinski definition) is 5. The van der Waals surface area contributed by atoms with Crippen LogP contribution in [-0.4, -0.2) is 46.9 Å². The van der Waals surface area contributed by atoms with Crippen LogP contribution in [-0.2, 0) is 23.8 Å². The monoisotopic (exact) mass is 579 g/mol. The van der Waals surface area contributed by atoms with E-state index in [2.05, 4.69) is 50.2 Å². The predicted octanol–water partition coefficient (Wildman–Crippen LogP) is 6.75. The van der Waals surface area contributed by atoms with E-state index in [-0.39, 0.29) is 30.5 Å². The van der Waals surface area contributed by atoms with Gasteiger partial charge in [-0.05, 0) is 97.7 Å². The Balaban J connectivity index is 1.29. The predicted molar refractivity (Wildman–Crippen MR) is 161 cm³/mol. The van der Waals surface area contributed by atoms with Gasteiger partial charge in [-0.15, -0.1) is 0 Å². The lowest BCUT2D eigenvalue weighted by molar-refractivity contribution is -0.127. The summed E-state index contributed by atoms with van der Waals surface area (Å²) in [7, 11) is -3.44. The minimum Gasteiger partial charge on any atom is -0.377 e. The van der Waals surface area contributed by atoms with E-state index in [4.69, 9.17) is 4.74 Å². The van der Waals surface area contributed by atoms with Gasteiger partial charge in [0.1, 0.15) is 0 Å². The molecule has 8 atom stereocenters. The lowest BCUT2D eigenvalue weighted by Gasteiger charge is -2.58. The van der Waals surface area contributed by atoms with E-state index in [0.717, 1.165) is 61.0 Å². The molecule has 0 bridgehead atoms. The number of allylic oxidation sites excluding steroid dienone is 2. The number of amides is 1. The smallest absolute Gasteiger partial charge is 0.264 e. The van der Waals surface area contributed by atoms with Crippen LogP contribution in [0.4, 0.5) is 0 Å². The van der Waals surface area contributed by atoms with Gasteiger partial charge in [-0.2, -0.15) is 8.42 Å². The zero-order valence-electron chi connectivity index (χ0n) is 26.2. The first-order chi connectivity index (χ1) is 18.8. The van der Waals surface area contributed by atoms with Crippen molar-refractivity contribution in [2.45, 2.75) is 105 Å². The Morgan fingerprint density at radius 2 is 1.80 bits per heavy atom. The molecule has 1 N–H and O–H groups in total. The van der Waals surface area contributed by atoms with Crippen LogP contribution in [0, 0.1) is 52.3 Å². The van der Waals surface area contributed by atoms with Gasteiger partial charge in [-0.3, -0.25) is 8.98 Å². The normalized spacial score (nSPS) is 36.4. The molecule has 0 aliphatic heterocycles. The van der Waals surface area contributed by atoms with Crippen molar-refractivity contribution in [1.82, 2.24) is 5.32 Å². The summed E-state index contributed by atoms with van der Waals surface area (Å²) in [4.78, 5) is 13.0. The van der Waals surface area contributed by atoms with Crippen molar-refractivity contribution in [3.8, 4) is 0 Å². The highest BCUT2D eigenvalue weighted by Gasteiger charge is 2.59. The van der Waals surface area contributed by atoms with Gasteiger partial charge in [0.05, 0.1) is 26.1 Å². The zero-order valence-corrected chi connectivity index (χ0v) is 27.0. The highest BCUT2D eigenvalue weighted by atomic mass is 32.2. The summed E-state index contributed by atoms with van der Waals surface area (Å²) in [6.07, 6.45) is 17.5. The zero-order chi connectivity index (χ0) is 29.1. The van der Waals surface area contributed by atoms with Crippen LogP contribution in [0.15, 0.2) is 11.6 Å². The van der Waals surface area contributed by atoms with Crippen LogP contribution in [0.3, 0.4) is 0 Å². The van der Waals surface area contributed by atoms with Gasteiger partial charge in [0.15, 0.2) is 0 Å². The van der Waals surface area contributed by atoms with E-state index in [1.165, 1.54) is 51.4 Å². The topological polar surface area (TPSA) is 81.7 Å². The number of carbonyl (C=O) groups is 1. The fourth-order valence-corrected chi connectivity index (χ4v) is 10.0. The maximum atomic E-state index is 13.0. The third-order valence-corrected chi connectivity index (χ3v) is 12.3. The molecule has 4 aliphatic rings. The first-order valence-corrected chi connectivity index (χ1v) is 18.1. The number of carbonyl (C=O) groups excluding carboxylic acids is 1. The molecule has 40 heavy (non-hydrogen) atoms. The van der Waals surface area contributed by atoms with Crippen molar-refractivity contribution >= 4 is 16.0 Å². The Kier molecular flexibility index (Phi) is 10.5. The highest BCUT2D eigenvalue weighted by molar-refractivity contribution is 7.85. The van der Waals surface area contributed by atoms with Crippen molar-refractivity contribution in [2.24, 2.45) is 52.3 Å². The molecule has 4 aliphatic carbocycles. The maximum absolute atomic E-state index is 13.0. The molecule has 0 aromatic heterocycles. The Bertz CT molecular complexity index is 1010. The van der Waals surface area contributed by atoms with E-state index >= 15 is 0 Å². The van der Waals surface area contributed by atoms with Crippen molar-refractivity contribution < 1.29 is 22.1 Å². The molecule has 0 saturated heterocycles. The highest BCUT2D eigenvalue weighted by Crippen LogP contribution is 2.67. The lowest BCUT2D eigenvalue weighted by Crippen LogP contribution is -2.51. The fourth-order valence-electron chi connectivity index (χ4n) is 9.65. The van der Waals surface area contributed by atoms with Crippen LogP contribution in [0.2, 0.25) is 0 Å². The molecule has 3 fully saturated rings. The molecular formula is C33H57NO5S. The van der Waals surface area contributed by atoms with Crippen molar-refractivity contribution in [3.63, 3.8) is 0 Å². The number of hydrogen-bond donors (Lipinski definition) is 1. The lowest BCUT2D eigenvalue weighted by atomic mass is 9.46. The summed E-state index contributed by atoms with van der Waals surface area (Å²) < 4.78 is 32.1. The standard InChI is InChI=1S/C33H57NO5S/c1-23(2)8-7-9-24(3)28-12-13-29-27-11-10-26-22-25(14-16-32(26,4)30(27)15-17-33(28,29)5)31(35)34-18-19-38-20-21-39-40(6,36)37/h10,23-25,27-30H,7-9,11-22H2,1-6H3,(H,34,35)/t24-,25?,27+,28+,29+,30+,32+,33-/m0/s1. The third kappa shape index (κ3) is 7.16. The molecule has 0 aromatic rings. The van der Waals surface area contributed by atoms with Gasteiger partial charge < -0.3 is 10.1 Å². The minimum absolute atomic E-state index is 0.00227. The average molecular weight is 580 g/mol. The number of ether oxygens (including phenoxy) is 1. The molecule has 1 amide bonds. The molecule has 230 valence electrons. The first kappa shape index (κ1) is 32.0. The summed E-state index contributed by atoms with van der Waals surface area (Å²) in [6.45, 7) is 13.4. The molecule has 3 saturated carbocycles. The SMILES string of the molecule is CC(C)CCC[C@H](C)[C@H]1CC[C@@H]2[C@H]3CC=C4CC(C(=O)NCCOCCOS(C)(=O)=O)CC[C@@]4(C)[C@@H]3CC[C@]21C. The Morgan fingerprint density at radius 1 is 1.02 bits per heavy atom.